The molecule has 3 heterocycles. The number of phenols is 1. The summed E-state index contributed by atoms with van der Waals surface area (Å²) in [5.74, 6) is -0.249. The molecule has 4 rings (SSSR count). The van der Waals surface area contributed by atoms with Crippen molar-refractivity contribution in [1.29, 1.82) is 0 Å². The zero-order valence-electron chi connectivity index (χ0n) is 16.6. The zero-order valence-corrected chi connectivity index (χ0v) is 16.6. The number of anilines is 1. The van der Waals surface area contributed by atoms with Crippen molar-refractivity contribution in [2.45, 2.75) is 25.2 Å². The number of rotatable bonds is 3. The molecule has 2 aliphatic rings. The highest BCUT2D eigenvalue weighted by molar-refractivity contribution is 5.65. The Morgan fingerprint density at radius 2 is 1.90 bits per heavy atom. The molecule has 0 amide bonds. The number of piperidine rings is 1. The van der Waals surface area contributed by atoms with Gasteiger partial charge >= 0.3 is 6.36 Å². The molecule has 0 aliphatic carbocycles. The first-order valence-electron chi connectivity index (χ1n) is 9.62. The molecule has 2 atom stereocenters. The maximum Gasteiger partial charge on any atom is 0.573 e. The van der Waals surface area contributed by atoms with Crippen LogP contribution in [0, 0.1) is 5.92 Å². The van der Waals surface area contributed by atoms with Crippen LogP contribution in [0.15, 0.2) is 23.0 Å². The van der Waals surface area contributed by atoms with Crippen LogP contribution in [-0.4, -0.2) is 63.9 Å². The molecule has 1 aromatic carbocycles. The van der Waals surface area contributed by atoms with E-state index in [1.54, 1.807) is 0 Å². The number of alkyl halides is 3. The number of aromatic nitrogens is 3. The van der Waals surface area contributed by atoms with E-state index in [1.807, 2.05) is 4.90 Å². The van der Waals surface area contributed by atoms with Gasteiger partial charge in [-0.2, -0.15) is 0 Å². The molecule has 11 heteroatoms. The highest BCUT2D eigenvalue weighted by atomic mass is 19.4. The molecule has 30 heavy (non-hydrogen) atoms. The van der Waals surface area contributed by atoms with Gasteiger partial charge in [0.25, 0.3) is 5.56 Å². The lowest BCUT2D eigenvalue weighted by molar-refractivity contribution is -0.274. The Morgan fingerprint density at radius 1 is 1.17 bits per heavy atom. The summed E-state index contributed by atoms with van der Waals surface area (Å²) < 4.78 is 42.2. The van der Waals surface area contributed by atoms with Gasteiger partial charge in [-0.25, -0.2) is 0 Å². The van der Waals surface area contributed by atoms with Gasteiger partial charge in [-0.3, -0.25) is 9.36 Å². The van der Waals surface area contributed by atoms with E-state index in [0.29, 0.717) is 5.92 Å². The molecule has 0 bridgehead atoms. The van der Waals surface area contributed by atoms with Crippen LogP contribution >= 0.6 is 0 Å². The van der Waals surface area contributed by atoms with E-state index in [0.717, 1.165) is 44.6 Å². The Kier molecular flexibility index (Phi) is 5.08. The average Bonchev–Trinajstić information content (AvgIpc) is 3.06. The maximum atomic E-state index is 13.0. The second kappa shape index (κ2) is 7.46. The predicted molar refractivity (Wildman–Crippen MR) is 102 cm³/mol. The summed E-state index contributed by atoms with van der Waals surface area (Å²) in [5, 5.41) is 18.4. The number of fused-ring (bicyclic) bond motifs is 1. The monoisotopic (exact) mass is 425 g/mol. The smallest absolute Gasteiger partial charge is 0.507 e. The van der Waals surface area contributed by atoms with Crippen LogP contribution in [0.1, 0.15) is 12.8 Å². The Balaban J connectivity index is 1.65. The van der Waals surface area contributed by atoms with Crippen LogP contribution in [0.4, 0.5) is 19.0 Å². The van der Waals surface area contributed by atoms with Gasteiger partial charge in [0.05, 0.1) is 5.56 Å². The quantitative estimate of drug-likeness (QED) is 0.805. The summed E-state index contributed by atoms with van der Waals surface area (Å²) in [5.41, 5.74) is -0.288. The van der Waals surface area contributed by atoms with Gasteiger partial charge in [-0.1, -0.05) is 0 Å². The van der Waals surface area contributed by atoms with Crippen LogP contribution in [0.2, 0.25) is 0 Å². The van der Waals surface area contributed by atoms with Gasteiger partial charge in [-0.15, -0.1) is 23.4 Å². The third kappa shape index (κ3) is 3.81. The fraction of sp³-hybridized carbons (Fsp3) is 0.526. The van der Waals surface area contributed by atoms with Crippen molar-refractivity contribution in [2.24, 2.45) is 13.0 Å². The number of nitrogens with zero attached hydrogens (tertiary/aromatic N) is 5. The summed E-state index contributed by atoms with van der Waals surface area (Å²) in [4.78, 5) is 17.3. The van der Waals surface area contributed by atoms with Gasteiger partial charge in [-0.05, 0) is 44.5 Å². The topological polar surface area (TPSA) is 83.7 Å². The molecule has 2 aliphatic heterocycles. The van der Waals surface area contributed by atoms with E-state index >= 15 is 0 Å². The third-order valence-electron chi connectivity index (χ3n) is 5.83. The van der Waals surface area contributed by atoms with E-state index in [4.69, 9.17) is 0 Å². The molecule has 8 nitrogen and oxygen atoms in total. The number of aromatic hydroxyl groups is 1. The van der Waals surface area contributed by atoms with Crippen LogP contribution in [0.3, 0.4) is 0 Å². The van der Waals surface area contributed by atoms with Gasteiger partial charge in [0.1, 0.15) is 11.5 Å². The molecule has 2 aromatic rings. The van der Waals surface area contributed by atoms with E-state index in [9.17, 15) is 23.1 Å². The second-order valence-electron chi connectivity index (χ2n) is 7.80. The highest BCUT2D eigenvalue weighted by Crippen LogP contribution is 2.35. The Hall–Kier alpha value is -2.82. The van der Waals surface area contributed by atoms with E-state index < -0.39 is 17.9 Å². The van der Waals surface area contributed by atoms with Crippen molar-refractivity contribution in [1.82, 2.24) is 19.7 Å². The van der Waals surface area contributed by atoms with Gasteiger partial charge in [0.2, 0.25) is 5.82 Å². The molecule has 0 radical (unpaired) electrons. The minimum absolute atomic E-state index is 0.0521. The minimum atomic E-state index is -4.87. The lowest BCUT2D eigenvalue weighted by Gasteiger charge is -2.36. The van der Waals surface area contributed by atoms with Crippen LogP contribution in [0.5, 0.6) is 11.5 Å². The molecule has 162 valence electrons. The normalized spacial score (nSPS) is 22.2. The zero-order chi connectivity index (χ0) is 21.6. The Bertz CT molecular complexity index is 1010. The first kappa shape index (κ1) is 20.5. The summed E-state index contributed by atoms with van der Waals surface area (Å²) >= 11 is 0. The van der Waals surface area contributed by atoms with E-state index in [1.165, 1.54) is 17.7 Å². The third-order valence-corrected chi connectivity index (χ3v) is 5.83. The fourth-order valence-electron chi connectivity index (χ4n) is 4.33. The number of likely N-dealkylation sites (tertiary alicyclic amines) is 1. The van der Waals surface area contributed by atoms with Gasteiger partial charge in [0, 0.05) is 32.2 Å². The van der Waals surface area contributed by atoms with Crippen LogP contribution in [0.25, 0.3) is 11.4 Å². The van der Waals surface area contributed by atoms with Crippen molar-refractivity contribution in [3.63, 3.8) is 0 Å². The lowest BCUT2D eigenvalue weighted by atomic mass is 9.92. The maximum absolute atomic E-state index is 13.0. The highest BCUT2D eigenvalue weighted by Gasteiger charge is 2.39. The second-order valence-corrected chi connectivity index (χ2v) is 7.80. The first-order valence-corrected chi connectivity index (χ1v) is 9.62. The molecule has 1 N–H and O–H groups in total. The molecule has 0 spiro atoms. The van der Waals surface area contributed by atoms with Crippen molar-refractivity contribution < 1.29 is 23.0 Å². The SMILES string of the molecule is CN1CC[C@H]2CCN(c3nnc(-c4ccc(OC(F)(F)F)cc4O)n(C)c3=O)[C@H]2C1. The number of likely N-dealkylation sites (N-methyl/N-ethyl adjacent to an activating group) is 1. The number of hydrogen-bond donors (Lipinski definition) is 1. The number of benzene rings is 1. The number of phenolic OH excluding ortho intramolecular Hbond substituents is 1. The number of ether oxygens (including phenoxy) is 1. The standard InChI is InChI=1S/C19H22F3N5O3/c1-25-7-5-11-6-8-27(14(11)10-25)17-18(29)26(2)16(23-24-17)13-4-3-12(9-15(13)28)30-19(20,21)22/h3-4,9,11,14,28H,5-8,10H2,1-2H3/t11-,14-/m0/s1. The van der Waals surface area contributed by atoms with Crippen molar-refractivity contribution in [2.75, 3.05) is 31.6 Å². The Labute approximate surface area is 170 Å². The molecule has 2 saturated heterocycles. The Morgan fingerprint density at radius 3 is 2.60 bits per heavy atom. The number of hydrogen-bond acceptors (Lipinski definition) is 7. The van der Waals surface area contributed by atoms with Gasteiger partial charge in [0.15, 0.2) is 5.82 Å². The van der Waals surface area contributed by atoms with E-state index in [2.05, 4.69) is 26.9 Å². The first-order chi connectivity index (χ1) is 14.1. The van der Waals surface area contributed by atoms with Crippen molar-refractivity contribution >= 4 is 5.82 Å². The summed E-state index contributed by atoms with van der Waals surface area (Å²) in [7, 11) is 3.55. The fourth-order valence-corrected chi connectivity index (χ4v) is 4.33. The average molecular weight is 425 g/mol. The molecule has 0 unspecified atom stereocenters. The summed E-state index contributed by atoms with van der Waals surface area (Å²) in [6, 6.07) is 3.28. The molecule has 1 aromatic heterocycles. The summed E-state index contributed by atoms with van der Waals surface area (Å²) in [6.07, 6.45) is -2.81. The van der Waals surface area contributed by atoms with Crippen molar-refractivity contribution in [3.05, 3.63) is 28.6 Å². The molecular weight excluding hydrogens is 403 g/mol. The van der Waals surface area contributed by atoms with Crippen molar-refractivity contribution in [3.8, 4) is 22.9 Å². The van der Waals surface area contributed by atoms with Gasteiger partial charge < -0.3 is 19.6 Å². The van der Waals surface area contributed by atoms with Crippen LogP contribution in [-0.2, 0) is 7.05 Å². The van der Waals surface area contributed by atoms with Crippen LogP contribution < -0.4 is 15.2 Å². The largest absolute Gasteiger partial charge is 0.573 e. The number of halogens is 3. The molecular formula is C19H22F3N5O3. The summed E-state index contributed by atoms with van der Waals surface area (Å²) in [6.45, 7) is 2.60. The molecule has 0 saturated carbocycles. The minimum Gasteiger partial charge on any atom is -0.507 e. The van der Waals surface area contributed by atoms with E-state index in [-0.39, 0.29) is 28.8 Å². The lowest BCUT2D eigenvalue weighted by Crippen LogP contribution is -2.48. The predicted octanol–water partition coefficient (Wildman–Crippen LogP) is 1.98. The molecule has 2 fully saturated rings.